The van der Waals surface area contributed by atoms with Gasteiger partial charge in [-0.15, -0.1) is 11.3 Å². The summed E-state index contributed by atoms with van der Waals surface area (Å²) in [5.41, 5.74) is 1.17. The van der Waals surface area contributed by atoms with Gasteiger partial charge in [-0.25, -0.2) is 4.98 Å². The average molecular weight is 386 g/mol. The van der Waals surface area contributed by atoms with Crippen LogP contribution in [0.3, 0.4) is 0 Å². The number of ether oxygens (including phenoxy) is 3. The molecule has 27 heavy (non-hydrogen) atoms. The lowest BCUT2D eigenvalue weighted by molar-refractivity contribution is -0.922. The second-order valence-electron chi connectivity index (χ2n) is 6.70. The number of para-hydroxylation sites is 2. The van der Waals surface area contributed by atoms with E-state index in [9.17, 15) is 0 Å². The summed E-state index contributed by atoms with van der Waals surface area (Å²) < 4.78 is 17.1. The molecule has 2 aromatic heterocycles. The van der Waals surface area contributed by atoms with E-state index in [0.717, 1.165) is 48.9 Å². The van der Waals surface area contributed by atoms with Gasteiger partial charge in [-0.2, -0.15) is 4.98 Å². The van der Waals surface area contributed by atoms with E-state index in [1.165, 1.54) is 15.3 Å². The van der Waals surface area contributed by atoms with Crippen LogP contribution in [0.15, 0.2) is 24.3 Å². The molecule has 1 aliphatic rings. The minimum absolute atomic E-state index is 0.606. The normalized spacial score (nSPS) is 15.2. The number of benzene rings is 1. The van der Waals surface area contributed by atoms with E-state index in [0.29, 0.717) is 17.4 Å². The summed E-state index contributed by atoms with van der Waals surface area (Å²) in [5, 5.41) is 0.990. The van der Waals surface area contributed by atoms with Gasteiger partial charge in [-0.05, 0) is 31.5 Å². The summed E-state index contributed by atoms with van der Waals surface area (Å²) in [4.78, 5) is 13.3. The molecule has 142 valence electrons. The van der Waals surface area contributed by atoms with Gasteiger partial charge in [0.05, 0.1) is 25.7 Å². The van der Waals surface area contributed by atoms with Crippen molar-refractivity contribution in [1.29, 1.82) is 0 Å². The SMILES string of the molecule is COc1ccccc1Oc1nc(C[NH+]2CCOCC2)nc2sc(C)c(C)c12. The Morgan fingerprint density at radius 2 is 1.85 bits per heavy atom. The van der Waals surface area contributed by atoms with Crippen LogP contribution in [-0.2, 0) is 11.3 Å². The number of aryl methyl sites for hydroxylation is 2. The highest BCUT2D eigenvalue weighted by Crippen LogP contribution is 2.38. The van der Waals surface area contributed by atoms with E-state index in [1.807, 2.05) is 24.3 Å². The van der Waals surface area contributed by atoms with Crippen LogP contribution >= 0.6 is 11.3 Å². The van der Waals surface area contributed by atoms with Gasteiger partial charge in [0, 0.05) is 4.88 Å². The maximum Gasteiger partial charge on any atom is 0.232 e. The number of hydrogen-bond acceptors (Lipinski definition) is 6. The van der Waals surface area contributed by atoms with E-state index in [4.69, 9.17) is 24.2 Å². The molecule has 3 aromatic rings. The summed E-state index contributed by atoms with van der Waals surface area (Å²) in [5.74, 6) is 2.77. The fourth-order valence-electron chi connectivity index (χ4n) is 3.28. The van der Waals surface area contributed by atoms with Crippen molar-refractivity contribution in [1.82, 2.24) is 9.97 Å². The zero-order valence-electron chi connectivity index (χ0n) is 15.9. The Labute approximate surface area is 162 Å². The number of quaternary nitrogens is 1. The van der Waals surface area contributed by atoms with Gasteiger partial charge in [0.15, 0.2) is 17.3 Å². The van der Waals surface area contributed by atoms with Crippen molar-refractivity contribution in [3.8, 4) is 17.4 Å². The topological polar surface area (TPSA) is 57.9 Å². The lowest BCUT2D eigenvalue weighted by Gasteiger charge is -2.23. The molecule has 0 saturated carbocycles. The fourth-order valence-corrected chi connectivity index (χ4v) is 4.31. The van der Waals surface area contributed by atoms with Crippen LogP contribution in [0.1, 0.15) is 16.3 Å². The Balaban J connectivity index is 1.74. The molecule has 3 heterocycles. The Morgan fingerprint density at radius 1 is 1.11 bits per heavy atom. The molecule has 1 saturated heterocycles. The lowest BCUT2D eigenvalue weighted by atomic mass is 10.2. The zero-order chi connectivity index (χ0) is 18.8. The van der Waals surface area contributed by atoms with Crippen molar-refractivity contribution in [3.63, 3.8) is 0 Å². The van der Waals surface area contributed by atoms with Crippen molar-refractivity contribution in [2.24, 2.45) is 0 Å². The third-order valence-corrected chi connectivity index (χ3v) is 6.03. The number of methoxy groups -OCH3 is 1. The maximum atomic E-state index is 6.23. The Hall–Kier alpha value is -2.22. The summed E-state index contributed by atoms with van der Waals surface area (Å²) in [7, 11) is 1.64. The minimum Gasteiger partial charge on any atom is -0.493 e. The number of nitrogens with one attached hydrogen (secondary N) is 1. The molecule has 7 heteroatoms. The molecule has 0 bridgehead atoms. The molecule has 4 rings (SSSR count). The van der Waals surface area contributed by atoms with Crippen LogP contribution in [0.5, 0.6) is 17.4 Å². The van der Waals surface area contributed by atoms with E-state index >= 15 is 0 Å². The first-order valence-corrected chi connectivity index (χ1v) is 9.96. The third kappa shape index (κ3) is 3.76. The van der Waals surface area contributed by atoms with Gasteiger partial charge in [0.1, 0.15) is 24.5 Å². The lowest BCUT2D eigenvalue weighted by Crippen LogP contribution is -3.12. The van der Waals surface area contributed by atoms with Crippen molar-refractivity contribution in [3.05, 3.63) is 40.5 Å². The molecule has 0 aliphatic carbocycles. The average Bonchev–Trinajstić information content (AvgIpc) is 2.97. The molecule has 1 fully saturated rings. The van der Waals surface area contributed by atoms with Gasteiger partial charge in [-0.3, -0.25) is 0 Å². The third-order valence-electron chi connectivity index (χ3n) is 4.93. The van der Waals surface area contributed by atoms with Crippen molar-refractivity contribution < 1.29 is 19.1 Å². The fraction of sp³-hybridized carbons (Fsp3) is 0.400. The number of morpholine rings is 1. The second-order valence-corrected chi connectivity index (χ2v) is 7.90. The Morgan fingerprint density at radius 3 is 2.59 bits per heavy atom. The van der Waals surface area contributed by atoms with Gasteiger partial charge < -0.3 is 19.1 Å². The van der Waals surface area contributed by atoms with Crippen LogP contribution in [0.4, 0.5) is 0 Å². The molecular formula is C20H24N3O3S+. The predicted octanol–water partition coefficient (Wildman–Crippen LogP) is 2.52. The smallest absolute Gasteiger partial charge is 0.232 e. The Kier molecular flexibility index (Phi) is 5.24. The van der Waals surface area contributed by atoms with Gasteiger partial charge >= 0.3 is 0 Å². The second kappa shape index (κ2) is 7.80. The molecule has 1 aromatic carbocycles. The first-order valence-electron chi connectivity index (χ1n) is 9.14. The molecule has 0 unspecified atom stereocenters. The number of fused-ring (bicyclic) bond motifs is 1. The van der Waals surface area contributed by atoms with E-state index in [2.05, 4.69) is 13.8 Å². The first kappa shape index (κ1) is 18.2. The predicted molar refractivity (Wildman–Crippen MR) is 105 cm³/mol. The summed E-state index contributed by atoms with van der Waals surface area (Å²) in [6, 6.07) is 7.64. The van der Waals surface area contributed by atoms with Crippen molar-refractivity contribution in [2.45, 2.75) is 20.4 Å². The van der Waals surface area contributed by atoms with Crippen LogP contribution in [0.25, 0.3) is 10.2 Å². The number of nitrogens with zero attached hydrogens (tertiary/aromatic N) is 2. The van der Waals surface area contributed by atoms with Crippen molar-refractivity contribution >= 4 is 21.6 Å². The molecular weight excluding hydrogens is 362 g/mol. The monoisotopic (exact) mass is 386 g/mol. The number of rotatable bonds is 5. The highest BCUT2D eigenvalue weighted by atomic mass is 32.1. The van der Waals surface area contributed by atoms with Crippen LogP contribution in [-0.4, -0.2) is 43.4 Å². The molecule has 0 atom stereocenters. The quantitative estimate of drug-likeness (QED) is 0.730. The summed E-state index contributed by atoms with van der Waals surface area (Å²) in [6.45, 7) is 8.52. The largest absolute Gasteiger partial charge is 0.493 e. The zero-order valence-corrected chi connectivity index (χ0v) is 16.7. The molecule has 0 spiro atoms. The number of thiophene rings is 1. The molecule has 1 N–H and O–H groups in total. The highest BCUT2D eigenvalue weighted by Gasteiger charge is 2.21. The van der Waals surface area contributed by atoms with Crippen LogP contribution < -0.4 is 14.4 Å². The van der Waals surface area contributed by atoms with Gasteiger partial charge in [-0.1, -0.05) is 12.1 Å². The highest BCUT2D eigenvalue weighted by molar-refractivity contribution is 7.18. The molecule has 6 nitrogen and oxygen atoms in total. The van der Waals surface area contributed by atoms with Gasteiger partial charge in [0.25, 0.3) is 0 Å². The van der Waals surface area contributed by atoms with Crippen molar-refractivity contribution in [2.75, 3.05) is 33.4 Å². The molecule has 0 radical (unpaired) electrons. The van der Waals surface area contributed by atoms with Gasteiger partial charge in [0.2, 0.25) is 5.88 Å². The number of aromatic nitrogens is 2. The summed E-state index contributed by atoms with van der Waals surface area (Å²) >= 11 is 1.69. The summed E-state index contributed by atoms with van der Waals surface area (Å²) in [6.07, 6.45) is 0. The minimum atomic E-state index is 0.606. The van der Waals surface area contributed by atoms with E-state index in [1.54, 1.807) is 18.4 Å². The maximum absolute atomic E-state index is 6.23. The molecule has 1 aliphatic heterocycles. The van der Waals surface area contributed by atoms with Crippen LogP contribution in [0, 0.1) is 13.8 Å². The standard InChI is InChI=1S/C20H23N3O3S/c1-13-14(2)27-20-18(13)19(26-16-7-5-4-6-15(16)24-3)21-17(22-20)12-23-8-10-25-11-9-23/h4-7H,8-12H2,1-3H3/p+1. The van der Waals surface area contributed by atoms with Crippen LogP contribution in [0.2, 0.25) is 0 Å². The number of hydrogen-bond donors (Lipinski definition) is 1. The molecule has 0 amide bonds. The van der Waals surface area contributed by atoms with E-state index in [-0.39, 0.29) is 0 Å². The first-order chi connectivity index (χ1) is 13.2. The van der Waals surface area contributed by atoms with E-state index < -0.39 is 0 Å². The Bertz CT molecular complexity index is 951.